The molecule has 0 amide bonds. The van der Waals surface area contributed by atoms with E-state index >= 15 is 0 Å². The zero-order valence-corrected chi connectivity index (χ0v) is 13.2. The van der Waals surface area contributed by atoms with Crippen molar-refractivity contribution < 1.29 is 5.11 Å². The third-order valence-corrected chi connectivity index (χ3v) is 5.59. The maximum Gasteiger partial charge on any atom is 0.116 e. The summed E-state index contributed by atoms with van der Waals surface area (Å²) in [6.07, 6.45) is 9.10. The van der Waals surface area contributed by atoms with Crippen LogP contribution >= 0.6 is 0 Å². The molecule has 3 rings (SSSR count). The molecule has 2 nitrogen and oxygen atoms in total. The summed E-state index contributed by atoms with van der Waals surface area (Å²) in [5, 5.41) is 14.4. The van der Waals surface area contributed by atoms with Crippen LogP contribution in [0, 0.1) is 5.92 Å². The zero-order valence-electron chi connectivity index (χ0n) is 13.2. The second-order valence-electron chi connectivity index (χ2n) is 7.11. The van der Waals surface area contributed by atoms with E-state index in [0.29, 0.717) is 12.0 Å². The molecule has 1 heterocycles. The topological polar surface area (TPSA) is 32.3 Å². The summed E-state index contributed by atoms with van der Waals surface area (Å²) < 4.78 is 0. The van der Waals surface area contributed by atoms with Crippen LogP contribution < -0.4 is 5.32 Å². The van der Waals surface area contributed by atoms with Gasteiger partial charge >= 0.3 is 0 Å². The molecule has 0 spiro atoms. The summed E-state index contributed by atoms with van der Waals surface area (Å²) in [5.74, 6) is 1.43. The van der Waals surface area contributed by atoms with Crippen molar-refractivity contribution in [1.29, 1.82) is 0 Å². The van der Waals surface area contributed by atoms with Crippen molar-refractivity contribution in [2.24, 2.45) is 5.92 Å². The average Bonchev–Trinajstić information content (AvgIpc) is 2.53. The molecule has 1 aliphatic heterocycles. The van der Waals surface area contributed by atoms with Gasteiger partial charge < -0.3 is 5.11 Å². The number of hydrogen-bond donors (Lipinski definition) is 2. The molecule has 0 radical (unpaired) electrons. The second-order valence-corrected chi connectivity index (χ2v) is 7.11. The van der Waals surface area contributed by atoms with E-state index in [-0.39, 0.29) is 0 Å². The molecule has 2 aliphatic rings. The van der Waals surface area contributed by atoms with E-state index < -0.39 is 5.72 Å². The second kappa shape index (κ2) is 6.50. The third kappa shape index (κ3) is 3.49. The Morgan fingerprint density at radius 3 is 2.76 bits per heavy atom. The minimum absolute atomic E-state index is 0.500. The van der Waals surface area contributed by atoms with Gasteiger partial charge in [-0.3, -0.25) is 5.32 Å². The van der Waals surface area contributed by atoms with Gasteiger partial charge in [-0.25, -0.2) is 0 Å². The monoisotopic (exact) mass is 287 g/mol. The van der Waals surface area contributed by atoms with Crippen LogP contribution in [0.4, 0.5) is 0 Å². The van der Waals surface area contributed by atoms with E-state index in [4.69, 9.17) is 0 Å². The molecule has 116 valence electrons. The van der Waals surface area contributed by atoms with Crippen molar-refractivity contribution in [2.45, 2.75) is 76.0 Å². The summed E-state index contributed by atoms with van der Waals surface area (Å²) in [7, 11) is 0. The summed E-state index contributed by atoms with van der Waals surface area (Å²) in [4.78, 5) is 0. The normalized spacial score (nSPS) is 36.2. The van der Waals surface area contributed by atoms with E-state index in [1.165, 1.54) is 31.2 Å². The summed E-state index contributed by atoms with van der Waals surface area (Å²) >= 11 is 0. The van der Waals surface area contributed by atoms with Gasteiger partial charge in [-0.1, -0.05) is 43.7 Å². The molecular formula is C19H29NO. The van der Waals surface area contributed by atoms with Crippen LogP contribution in [0.2, 0.25) is 0 Å². The molecule has 1 aliphatic carbocycles. The molecule has 0 bridgehead atoms. The Hall–Kier alpha value is -0.860. The first-order valence-corrected chi connectivity index (χ1v) is 8.75. The highest BCUT2D eigenvalue weighted by atomic mass is 16.3. The summed E-state index contributed by atoms with van der Waals surface area (Å²) in [6, 6.07) is 11.4. The lowest BCUT2D eigenvalue weighted by atomic mass is 9.70. The number of rotatable bonds is 4. The van der Waals surface area contributed by atoms with Crippen molar-refractivity contribution in [2.75, 3.05) is 0 Å². The lowest BCUT2D eigenvalue weighted by molar-refractivity contribution is -0.0664. The van der Waals surface area contributed by atoms with E-state index in [9.17, 15) is 5.11 Å². The fraction of sp³-hybridized carbons (Fsp3) is 0.684. The average molecular weight is 287 g/mol. The van der Waals surface area contributed by atoms with Gasteiger partial charge in [0, 0.05) is 6.04 Å². The fourth-order valence-electron chi connectivity index (χ4n) is 4.29. The quantitative estimate of drug-likeness (QED) is 0.870. The number of benzene rings is 1. The predicted molar refractivity (Wildman–Crippen MR) is 87.2 cm³/mol. The minimum atomic E-state index is -0.601. The van der Waals surface area contributed by atoms with Gasteiger partial charge in [-0.2, -0.15) is 0 Å². The first kappa shape index (κ1) is 15.1. The molecule has 4 atom stereocenters. The van der Waals surface area contributed by atoms with Gasteiger partial charge in [0.2, 0.25) is 0 Å². The molecule has 0 aromatic heterocycles. The van der Waals surface area contributed by atoms with E-state index in [1.807, 2.05) is 0 Å². The zero-order chi connectivity index (χ0) is 14.7. The molecule has 1 saturated heterocycles. The maximum absolute atomic E-state index is 10.8. The largest absolute Gasteiger partial charge is 0.376 e. The minimum Gasteiger partial charge on any atom is -0.376 e. The number of hydrogen-bond acceptors (Lipinski definition) is 2. The number of fused-ring (bicyclic) bond motifs is 1. The Bertz CT molecular complexity index is 446. The molecule has 1 saturated carbocycles. The van der Waals surface area contributed by atoms with Crippen molar-refractivity contribution in [3.8, 4) is 0 Å². The van der Waals surface area contributed by atoms with Crippen LogP contribution in [-0.4, -0.2) is 16.9 Å². The van der Waals surface area contributed by atoms with Crippen LogP contribution in [-0.2, 0) is 0 Å². The van der Waals surface area contributed by atoms with Crippen molar-refractivity contribution in [1.82, 2.24) is 5.32 Å². The lowest BCUT2D eigenvalue weighted by Crippen LogP contribution is -2.58. The molecular weight excluding hydrogens is 258 g/mol. The van der Waals surface area contributed by atoms with Crippen LogP contribution in [0.1, 0.15) is 69.8 Å². The maximum atomic E-state index is 10.8. The summed E-state index contributed by atoms with van der Waals surface area (Å²) in [6.45, 7) is 2.20. The van der Waals surface area contributed by atoms with E-state index in [1.54, 1.807) is 0 Å². The smallest absolute Gasteiger partial charge is 0.116 e. The van der Waals surface area contributed by atoms with Crippen molar-refractivity contribution >= 4 is 0 Å². The number of piperidine rings is 1. The van der Waals surface area contributed by atoms with E-state index in [2.05, 4.69) is 42.6 Å². The van der Waals surface area contributed by atoms with Crippen LogP contribution in [0.5, 0.6) is 0 Å². The Labute approximate surface area is 129 Å². The predicted octanol–water partition coefficient (Wildman–Crippen LogP) is 4.20. The van der Waals surface area contributed by atoms with Crippen LogP contribution in [0.25, 0.3) is 0 Å². The standard InChI is InChI=1S/C19H29NO/c1-2-3-12-19(21)13-11-16-9-10-17(14-18(16)20-19)15-7-5-4-6-8-15/h4-8,16-18,20-21H,2-3,9-14H2,1H3. The van der Waals surface area contributed by atoms with Gasteiger partial charge in [0.15, 0.2) is 0 Å². The van der Waals surface area contributed by atoms with Gasteiger partial charge in [-0.15, -0.1) is 0 Å². The molecule has 21 heavy (non-hydrogen) atoms. The molecule has 1 aromatic carbocycles. The van der Waals surface area contributed by atoms with Gasteiger partial charge in [0.05, 0.1) is 0 Å². The highest BCUT2D eigenvalue weighted by Crippen LogP contribution is 2.42. The van der Waals surface area contributed by atoms with Crippen molar-refractivity contribution in [3.63, 3.8) is 0 Å². The SMILES string of the molecule is CCCCC1(O)CCC2CCC(c3ccccc3)CC2N1. The van der Waals surface area contributed by atoms with Gasteiger partial charge in [-0.05, 0) is 62.3 Å². The van der Waals surface area contributed by atoms with Gasteiger partial charge in [0.1, 0.15) is 5.72 Å². The summed E-state index contributed by atoms with van der Waals surface area (Å²) in [5.41, 5.74) is 0.871. The first-order valence-electron chi connectivity index (χ1n) is 8.75. The molecule has 1 aromatic rings. The molecule has 4 unspecified atom stereocenters. The Morgan fingerprint density at radius 2 is 2.00 bits per heavy atom. The van der Waals surface area contributed by atoms with Gasteiger partial charge in [0.25, 0.3) is 0 Å². The van der Waals surface area contributed by atoms with Crippen LogP contribution in [0.15, 0.2) is 30.3 Å². The highest BCUT2D eigenvalue weighted by molar-refractivity contribution is 5.21. The first-order chi connectivity index (χ1) is 10.2. The van der Waals surface area contributed by atoms with E-state index in [0.717, 1.165) is 31.6 Å². The van der Waals surface area contributed by atoms with Crippen molar-refractivity contribution in [3.05, 3.63) is 35.9 Å². The fourth-order valence-corrected chi connectivity index (χ4v) is 4.29. The Kier molecular flexibility index (Phi) is 4.66. The molecule has 2 heteroatoms. The molecule has 2 fully saturated rings. The number of unbranched alkanes of at least 4 members (excludes halogenated alkanes) is 1. The number of nitrogens with one attached hydrogen (secondary N) is 1. The number of aliphatic hydroxyl groups is 1. The Morgan fingerprint density at radius 1 is 1.19 bits per heavy atom. The highest BCUT2D eigenvalue weighted by Gasteiger charge is 2.41. The van der Waals surface area contributed by atoms with Crippen LogP contribution in [0.3, 0.4) is 0 Å². The molecule has 2 N–H and O–H groups in total. The third-order valence-electron chi connectivity index (χ3n) is 5.59. The lowest BCUT2D eigenvalue weighted by Gasteiger charge is -2.47. The Balaban J connectivity index is 1.65.